The van der Waals surface area contributed by atoms with Crippen molar-refractivity contribution >= 4 is 51.9 Å². The van der Waals surface area contributed by atoms with E-state index in [4.69, 9.17) is 11.6 Å². The Morgan fingerprint density at radius 1 is 1.19 bits per heavy atom. The Labute approximate surface area is 166 Å². The number of amides is 1. The van der Waals surface area contributed by atoms with Crippen molar-refractivity contribution in [1.82, 2.24) is 5.32 Å². The van der Waals surface area contributed by atoms with Gasteiger partial charge in [0.25, 0.3) is 5.91 Å². The van der Waals surface area contributed by atoms with Crippen molar-refractivity contribution in [2.45, 2.75) is 12.8 Å². The zero-order valence-corrected chi connectivity index (χ0v) is 16.0. The van der Waals surface area contributed by atoms with E-state index in [2.05, 4.69) is 15.2 Å². The van der Waals surface area contributed by atoms with E-state index in [-0.39, 0.29) is 11.7 Å². The Morgan fingerprint density at radius 3 is 2.74 bits per heavy atom. The van der Waals surface area contributed by atoms with Gasteiger partial charge in [0.1, 0.15) is 5.82 Å². The van der Waals surface area contributed by atoms with Crippen molar-refractivity contribution in [2.24, 2.45) is 4.99 Å². The molecule has 2 aromatic rings. The van der Waals surface area contributed by atoms with E-state index in [1.807, 2.05) is 6.07 Å². The lowest BCUT2D eigenvalue weighted by Crippen LogP contribution is -2.19. The molecule has 0 aromatic heterocycles. The van der Waals surface area contributed by atoms with Crippen LogP contribution in [0, 0.1) is 5.82 Å². The molecule has 2 aromatic carbocycles. The molecular weight excluding hydrogens is 385 g/mol. The fourth-order valence-corrected chi connectivity index (χ4v) is 4.15. The third kappa shape index (κ3) is 4.17. The molecule has 2 aliphatic heterocycles. The van der Waals surface area contributed by atoms with E-state index in [0.29, 0.717) is 32.0 Å². The molecule has 0 spiro atoms. The maximum atomic E-state index is 14.5. The molecule has 4 rings (SSSR count). The van der Waals surface area contributed by atoms with Gasteiger partial charge < -0.3 is 10.2 Å². The van der Waals surface area contributed by atoms with Crippen LogP contribution in [0.2, 0.25) is 5.02 Å². The molecule has 0 atom stereocenters. The quantitative estimate of drug-likeness (QED) is 0.738. The standard InChI is InChI=1S/C20H17ClFN3OS/c21-14-4-3-5-15(12-14)23-20-24-19(26)18(27-20)11-13-6-7-17(16(22)10-13)25-8-1-2-9-25/h3-7,10-12H,1-2,8-9H2,(H,23,24,26)/b18-11-. The van der Waals surface area contributed by atoms with Crippen molar-refractivity contribution in [2.75, 3.05) is 18.0 Å². The normalized spacial score (nSPS) is 19.9. The fraction of sp³-hybridized carbons (Fsp3) is 0.200. The number of benzene rings is 2. The lowest BCUT2D eigenvalue weighted by atomic mass is 10.1. The van der Waals surface area contributed by atoms with Crippen LogP contribution >= 0.6 is 23.4 Å². The molecule has 1 N–H and O–H groups in total. The molecule has 27 heavy (non-hydrogen) atoms. The number of halogens is 2. The first kappa shape index (κ1) is 18.1. The summed E-state index contributed by atoms with van der Waals surface area (Å²) in [5.74, 6) is -0.507. The van der Waals surface area contributed by atoms with Gasteiger partial charge in [0.15, 0.2) is 5.17 Å². The number of nitrogens with zero attached hydrogens (tertiary/aromatic N) is 2. The van der Waals surface area contributed by atoms with Gasteiger partial charge in [-0.05, 0) is 66.6 Å². The summed E-state index contributed by atoms with van der Waals surface area (Å²) in [7, 11) is 0. The van der Waals surface area contributed by atoms with Gasteiger partial charge in [-0.25, -0.2) is 9.38 Å². The van der Waals surface area contributed by atoms with Crippen molar-refractivity contribution < 1.29 is 9.18 Å². The maximum Gasteiger partial charge on any atom is 0.264 e. The zero-order chi connectivity index (χ0) is 18.8. The number of amidine groups is 1. The zero-order valence-electron chi connectivity index (χ0n) is 14.4. The lowest BCUT2D eigenvalue weighted by molar-refractivity contribution is -0.115. The number of hydrogen-bond acceptors (Lipinski definition) is 4. The van der Waals surface area contributed by atoms with Gasteiger partial charge in [-0.1, -0.05) is 23.7 Å². The first-order chi connectivity index (χ1) is 13.1. The van der Waals surface area contributed by atoms with Crippen molar-refractivity contribution in [3.05, 3.63) is 63.8 Å². The Balaban J connectivity index is 1.54. The highest BCUT2D eigenvalue weighted by atomic mass is 35.5. The first-order valence-corrected chi connectivity index (χ1v) is 9.87. The van der Waals surface area contributed by atoms with Crippen LogP contribution in [0.4, 0.5) is 15.8 Å². The Kier molecular flexibility index (Phi) is 5.18. The Morgan fingerprint density at radius 2 is 2.00 bits per heavy atom. The highest BCUT2D eigenvalue weighted by molar-refractivity contribution is 8.18. The molecule has 1 amide bonds. The van der Waals surface area contributed by atoms with Gasteiger partial charge in [0.05, 0.1) is 16.3 Å². The molecule has 7 heteroatoms. The highest BCUT2D eigenvalue weighted by Gasteiger charge is 2.24. The van der Waals surface area contributed by atoms with Crippen LogP contribution in [-0.4, -0.2) is 24.2 Å². The van der Waals surface area contributed by atoms with Crippen molar-refractivity contribution in [1.29, 1.82) is 0 Å². The summed E-state index contributed by atoms with van der Waals surface area (Å²) in [5, 5.41) is 3.78. The molecule has 2 heterocycles. The number of aliphatic imine (C=N–C) groups is 1. The molecule has 2 aliphatic rings. The molecule has 2 saturated heterocycles. The minimum Gasteiger partial charge on any atom is -0.369 e. The van der Waals surface area contributed by atoms with E-state index in [9.17, 15) is 9.18 Å². The monoisotopic (exact) mass is 401 g/mol. The maximum absolute atomic E-state index is 14.5. The van der Waals surface area contributed by atoms with Crippen LogP contribution in [0.3, 0.4) is 0 Å². The SMILES string of the molecule is O=C1NC(=Nc2cccc(Cl)c2)S/C1=C\c1ccc(N2CCCC2)c(F)c1. The van der Waals surface area contributed by atoms with Crippen LogP contribution in [0.15, 0.2) is 52.4 Å². The van der Waals surface area contributed by atoms with Crippen LogP contribution in [0.25, 0.3) is 6.08 Å². The largest absolute Gasteiger partial charge is 0.369 e. The van der Waals surface area contributed by atoms with Gasteiger partial charge in [0.2, 0.25) is 0 Å². The molecule has 2 fully saturated rings. The topological polar surface area (TPSA) is 44.7 Å². The summed E-state index contributed by atoms with van der Waals surface area (Å²) in [6, 6.07) is 12.2. The summed E-state index contributed by atoms with van der Waals surface area (Å²) in [5.41, 5.74) is 1.94. The number of carbonyl (C=O) groups excluding carboxylic acids is 1. The lowest BCUT2D eigenvalue weighted by Gasteiger charge is -2.18. The predicted molar refractivity (Wildman–Crippen MR) is 110 cm³/mol. The van der Waals surface area contributed by atoms with Crippen LogP contribution in [0.5, 0.6) is 0 Å². The number of carbonyl (C=O) groups is 1. The number of rotatable bonds is 3. The van der Waals surface area contributed by atoms with Gasteiger partial charge in [0, 0.05) is 18.1 Å². The average molecular weight is 402 g/mol. The molecule has 0 radical (unpaired) electrons. The number of thioether (sulfide) groups is 1. The molecule has 0 aliphatic carbocycles. The van der Waals surface area contributed by atoms with Gasteiger partial charge in [-0.15, -0.1) is 0 Å². The third-order valence-electron chi connectivity index (χ3n) is 4.41. The minimum absolute atomic E-state index is 0.246. The van der Waals surface area contributed by atoms with Crippen molar-refractivity contribution in [3.8, 4) is 0 Å². The van der Waals surface area contributed by atoms with Crippen LogP contribution < -0.4 is 10.2 Å². The Bertz CT molecular complexity index is 954. The van der Waals surface area contributed by atoms with Crippen molar-refractivity contribution in [3.63, 3.8) is 0 Å². The summed E-state index contributed by atoms with van der Waals surface area (Å²) in [6.07, 6.45) is 3.87. The average Bonchev–Trinajstić information content (AvgIpc) is 3.26. The van der Waals surface area contributed by atoms with E-state index in [1.165, 1.54) is 17.8 Å². The number of nitrogens with one attached hydrogen (secondary N) is 1. The molecule has 0 saturated carbocycles. The number of hydrogen-bond donors (Lipinski definition) is 1. The van der Waals surface area contributed by atoms with Crippen LogP contribution in [-0.2, 0) is 4.79 Å². The van der Waals surface area contributed by atoms with E-state index in [0.717, 1.165) is 25.9 Å². The molecular formula is C20H17ClFN3OS. The second kappa shape index (κ2) is 7.74. The second-order valence-corrected chi connectivity index (χ2v) is 7.83. The van der Waals surface area contributed by atoms with E-state index < -0.39 is 0 Å². The van der Waals surface area contributed by atoms with E-state index >= 15 is 0 Å². The minimum atomic E-state index is -0.262. The Hall–Kier alpha value is -2.31. The third-order valence-corrected chi connectivity index (χ3v) is 5.55. The smallest absolute Gasteiger partial charge is 0.264 e. The van der Waals surface area contributed by atoms with Gasteiger partial charge >= 0.3 is 0 Å². The highest BCUT2D eigenvalue weighted by Crippen LogP contribution is 2.30. The molecule has 4 nitrogen and oxygen atoms in total. The molecule has 138 valence electrons. The summed E-state index contributed by atoms with van der Waals surface area (Å²) in [4.78, 5) is 19.1. The predicted octanol–water partition coefficient (Wildman–Crippen LogP) is 4.97. The summed E-state index contributed by atoms with van der Waals surface area (Å²) in [6.45, 7) is 1.78. The van der Waals surface area contributed by atoms with Gasteiger partial charge in [-0.2, -0.15) is 0 Å². The van der Waals surface area contributed by atoms with Crippen LogP contribution in [0.1, 0.15) is 18.4 Å². The molecule has 0 unspecified atom stereocenters. The van der Waals surface area contributed by atoms with Gasteiger partial charge in [-0.3, -0.25) is 4.79 Å². The fourth-order valence-electron chi connectivity index (χ4n) is 3.12. The second-order valence-electron chi connectivity index (χ2n) is 6.37. The van der Waals surface area contributed by atoms with E-state index in [1.54, 1.807) is 36.4 Å². The number of anilines is 1. The summed E-state index contributed by atoms with van der Waals surface area (Å²) < 4.78 is 14.5. The summed E-state index contributed by atoms with van der Waals surface area (Å²) >= 11 is 7.18. The first-order valence-electron chi connectivity index (χ1n) is 8.68. The molecule has 0 bridgehead atoms.